The molecular formula is C18H18N2O4. The van der Waals surface area contributed by atoms with E-state index in [-0.39, 0.29) is 37.2 Å². The van der Waals surface area contributed by atoms with E-state index >= 15 is 0 Å². The number of hydrogen-bond acceptors (Lipinski definition) is 4. The van der Waals surface area contributed by atoms with Crippen LogP contribution in [0.3, 0.4) is 0 Å². The number of benzene rings is 1. The molecule has 1 aliphatic rings. The van der Waals surface area contributed by atoms with Gasteiger partial charge in [0, 0.05) is 6.42 Å². The Morgan fingerprint density at radius 1 is 1.17 bits per heavy atom. The van der Waals surface area contributed by atoms with Crippen molar-refractivity contribution >= 4 is 17.7 Å². The van der Waals surface area contributed by atoms with Crippen LogP contribution in [0.2, 0.25) is 0 Å². The first kappa shape index (κ1) is 16.0. The smallest absolute Gasteiger partial charge is 0.240 e. The maximum Gasteiger partial charge on any atom is 0.240 e. The third kappa shape index (κ3) is 3.71. The van der Waals surface area contributed by atoms with Gasteiger partial charge in [0.2, 0.25) is 17.7 Å². The fourth-order valence-corrected chi connectivity index (χ4v) is 2.77. The Kier molecular flexibility index (Phi) is 4.74. The van der Waals surface area contributed by atoms with Gasteiger partial charge in [-0.3, -0.25) is 19.3 Å². The summed E-state index contributed by atoms with van der Waals surface area (Å²) in [6.07, 6.45) is 2.18. The van der Waals surface area contributed by atoms with Crippen molar-refractivity contribution in [3.05, 3.63) is 60.1 Å². The summed E-state index contributed by atoms with van der Waals surface area (Å²) in [5.41, 5.74) is 1.01. The van der Waals surface area contributed by atoms with Crippen molar-refractivity contribution in [2.75, 3.05) is 6.54 Å². The van der Waals surface area contributed by atoms with Crippen LogP contribution < -0.4 is 5.32 Å². The number of carbonyl (C=O) groups is 3. The van der Waals surface area contributed by atoms with Gasteiger partial charge in [0.1, 0.15) is 12.3 Å². The summed E-state index contributed by atoms with van der Waals surface area (Å²) >= 11 is 0. The molecule has 6 nitrogen and oxygen atoms in total. The summed E-state index contributed by atoms with van der Waals surface area (Å²) in [5, 5.41) is 2.64. The highest BCUT2D eigenvalue weighted by molar-refractivity contribution is 6.06. The standard InChI is InChI=1S/C18H18N2O4/c21-16(19-11-15-7-4-8-24-15)12-20-17(22)10-14(18(20)23)9-13-5-2-1-3-6-13/h1-8,14H,9-12H2,(H,19,21)/t14-/m1/s1. The molecule has 2 aromatic rings. The lowest BCUT2D eigenvalue weighted by molar-refractivity contribution is -0.143. The quantitative estimate of drug-likeness (QED) is 0.816. The zero-order chi connectivity index (χ0) is 16.9. The van der Waals surface area contributed by atoms with Gasteiger partial charge in [0.05, 0.1) is 18.7 Å². The van der Waals surface area contributed by atoms with Gasteiger partial charge in [-0.2, -0.15) is 0 Å². The number of amides is 3. The van der Waals surface area contributed by atoms with Crippen LogP contribution in [0.4, 0.5) is 0 Å². The Hall–Kier alpha value is -2.89. The molecule has 6 heteroatoms. The molecule has 0 radical (unpaired) electrons. The summed E-state index contributed by atoms with van der Waals surface area (Å²) in [4.78, 5) is 37.5. The van der Waals surface area contributed by atoms with E-state index in [9.17, 15) is 14.4 Å². The molecule has 1 aliphatic heterocycles. The van der Waals surface area contributed by atoms with Crippen molar-refractivity contribution < 1.29 is 18.8 Å². The molecular weight excluding hydrogens is 308 g/mol. The van der Waals surface area contributed by atoms with Gasteiger partial charge in [0.15, 0.2) is 0 Å². The van der Waals surface area contributed by atoms with Crippen molar-refractivity contribution in [1.82, 2.24) is 10.2 Å². The number of hydrogen-bond donors (Lipinski definition) is 1. The molecule has 1 aromatic carbocycles. The fraction of sp³-hybridized carbons (Fsp3) is 0.278. The molecule has 1 atom stereocenters. The average Bonchev–Trinajstić information content (AvgIpc) is 3.18. The molecule has 0 bridgehead atoms. The van der Waals surface area contributed by atoms with E-state index in [1.165, 1.54) is 6.26 Å². The molecule has 1 aromatic heterocycles. The summed E-state index contributed by atoms with van der Waals surface area (Å²) in [7, 11) is 0. The van der Waals surface area contributed by atoms with E-state index in [1.807, 2.05) is 30.3 Å². The molecule has 24 heavy (non-hydrogen) atoms. The van der Waals surface area contributed by atoms with Crippen molar-refractivity contribution in [2.24, 2.45) is 5.92 Å². The van der Waals surface area contributed by atoms with Crippen LogP contribution in [-0.4, -0.2) is 29.2 Å². The van der Waals surface area contributed by atoms with Crippen LogP contribution in [0.15, 0.2) is 53.1 Å². The summed E-state index contributed by atoms with van der Waals surface area (Å²) in [6, 6.07) is 13.0. The lowest BCUT2D eigenvalue weighted by Gasteiger charge is -2.14. The van der Waals surface area contributed by atoms with E-state index in [2.05, 4.69) is 5.32 Å². The molecule has 1 N–H and O–H groups in total. The molecule has 1 fully saturated rings. The normalized spacial score (nSPS) is 17.3. The summed E-state index contributed by atoms with van der Waals surface area (Å²) in [6.45, 7) is -0.0147. The zero-order valence-electron chi connectivity index (χ0n) is 13.1. The van der Waals surface area contributed by atoms with Crippen molar-refractivity contribution in [1.29, 1.82) is 0 Å². The predicted molar refractivity (Wildman–Crippen MR) is 85.5 cm³/mol. The van der Waals surface area contributed by atoms with E-state index in [0.29, 0.717) is 12.2 Å². The largest absolute Gasteiger partial charge is 0.467 e. The van der Waals surface area contributed by atoms with Crippen LogP contribution >= 0.6 is 0 Å². The SMILES string of the molecule is O=C(CN1C(=O)C[C@@H](Cc2ccccc2)C1=O)NCc1ccco1. The molecule has 0 unspecified atom stereocenters. The minimum atomic E-state index is -0.391. The summed E-state index contributed by atoms with van der Waals surface area (Å²) in [5.74, 6) is -0.735. The Bertz CT molecular complexity index is 725. The van der Waals surface area contributed by atoms with Gasteiger partial charge in [-0.15, -0.1) is 0 Å². The topological polar surface area (TPSA) is 79.6 Å². The number of rotatable bonds is 6. The van der Waals surface area contributed by atoms with Crippen molar-refractivity contribution in [3.8, 4) is 0 Å². The van der Waals surface area contributed by atoms with Gasteiger partial charge < -0.3 is 9.73 Å². The monoisotopic (exact) mass is 326 g/mol. The van der Waals surface area contributed by atoms with Crippen LogP contribution in [0, 0.1) is 5.92 Å². The van der Waals surface area contributed by atoms with E-state index in [1.54, 1.807) is 12.1 Å². The van der Waals surface area contributed by atoms with E-state index in [0.717, 1.165) is 10.5 Å². The molecule has 2 heterocycles. The van der Waals surface area contributed by atoms with E-state index < -0.39 is 5.92 Å². The number of nitrogens with one attached hydrogen (secondary N) is 1. The minimum Gasteiger partial charge on any atom is -0.467 e. The Morgan fingerprint density at radius 2 is 1.96 bits per heavy atom. The van der Waals surface area contributed by atoms with Crippen molar-refractivity contribution in [3.63, 3.8) is 0 Å². The lowest BCUT2D eigenvalue weighted by atomic mass is 9.98. The highest BCUT2D eigenvalue weighted by Crippen LogP contribution is 2.23. The zero-order valence-corrected chi connectivity index (χ0v) is 13.1. The van der Waals surface area contributed by atoms with Crippen molar-refractivity contribution in [2.45, 2.75) is 19.4 Å². The molecule has 0 saturated carbocycles. The van der Waals surface area contributed by atoms with Crippen LogP contribution in [-0.2, 0) is 27.3 Å². The number of furan rings is 1. The third-order valence-electron chi connectivity index (χ3n) is 4.00. The van der Waals surface area contributed by atoms with Gasteiger partial charge >= 0.3 is 0 Å². The van der Waals surface area contributed by atoms with Gasteiger partial charge in [-0.1, -0.05) is 30.3 Å². The molecule has 1 saturated heterocycles. The van der Waals surface area contributed by atoms with Crippen LogP contribution in [0.1, 0.15) is 17.7 Å². The minimum absolute atomic E-state index is 0.152. The van der Waals surface area contributed by atoms with Crippen LogP contribution in [0.25, 0.3) is 0 Å². The van der Waals surface area contributed by atoms with Gasteiger partial charge in [-0.05, 0) is 24.1 Å². The number of carbonyl (C=O) groups excluding carboxylic acids is 3. The van der Waals surface area contributed by atoms with Gasteiger partial charge in [0.25, 0.3) is 0 Å². The molecule has 3 amide bonds. The van der Waals surface area contributed by atoms with E-state index in [4.69, 9.17) is 4.42 Å². The number of likely N-dealkylation sites (tertiary alicyclic amines) is 1. The Labute approximate surface area is 139 Å². The Morgan fingerprint density at radius 3 is 2.67 bits per heavy atom. The molecule has 0 spiro atoms. The Balaban J connectivity index is 1.55. The van der Waals surface area contributed by atoms with Gasteiger partial charge in [-0.25, -0.2) is 0 Å². The highest BCUT2D eigenvalue weighted by Gasteiger charge is 2.39. The first-order valence-corrected chi connectivity index (χ1v) is 7.80. The lowest BCUT2D eigenvalue weighted by Crippen LogP contribution is -2.40. The average molecular weight is 326 g/mol. The second kappa shape index (κ2) is 7.12. The van der Waals surface area contributed by atoms with Crippen LogP contribution in [0.5, 0.6) is 0 Å². The maximum atomic E-state index is 12.4. The second-order valence-electron chi connectivity index (χ2n) is 5.76. The molecule has 124 valence electrons. The summed E-state index contributed by atoms with van der Waals surface area (Å²) < 4.78 is 5.12. The number of imide groups is 1. The number of nitrogens with zero attached hydrogens (tertiary/aromatic N) is 1. The predicted octanol–water partition coefficient (Wildman–Crippen LogP) is 1.51. The first-order chi connectivity index (χ1) is 11.6. The molecule has 0 aliphatic carbocycles. The second-order valence-corrected chi connectivity index (χ2v) is 5.76. The molecule has 3 rings (SSSR count). The highest BCUT2D eigenvalue weighted by atomic mass is 16.3. The third-order valence-corrected chi connectivity index (χ3v) is 4.00. The fourth-order valence-electron chi connectivity index (χ4n) is 2.77. The maximum absolute atomic E-state index is 12.4. The first-order valence-electron chi connectivity index (χ1n) is 7.80.